The molecule has 0 radical (unpaired) electrons. The zero-order valence-electron chi connectivity index (χ0n) is 16.9. The summed E-state index contributed by atoms with van der Waals surface area (Å²) in [5.74, 6) is -2.63. The van der Waals surface area contributed by atoms with E-state index in [-0.39, 0.29) is 25.9 Å². The molecule has 2 atom stereocenters. The van der Waals surface area contributed by atoms with Crippen molar-refractivity contribution in [2.45, 2.75) is 38.5 Å². The van der Waals surface area contributed by atoms with E-state index in [1.165, 1.54) is 25.1 Å². The number of halogens is 2. The number of hydrogen-bond donors (Lipinski definition) is 5. The van der Waals surface area contributed by atoms with Crippen LogP contribution in [0.4, 0.5) is 4.39 Å². The molecule has 31 heavy (non-hydrogen) atoms. The summed E-state index contributed by atoms with van der Waals surface area (Å²) in [6.07, 6.45) is -2.15. The number of nitrogens with one attached hydrogen (secondary N) is 1. The summed E-state index contributed by atoms with van der Waals surface area (Å²) in [4.78, 5) is 23.5. The monoisotopic (exact) mass is 453 g/mol. The van der Waals surface area contributed by atoms with Gasteiger partial charge in [0.2, 0.25) is 6.29 Å². The smallest absolute Gasteiger partial charge is 0.309 e. The molecular formula is C22H25ClFNO6. The van der Waals surface area contributed by atoms with Crippen LogP contribution in [0.2, 0.25) is 5.02 Å². The third kappa shape index (κ3) is 6.73. The number of aliphatic carboxylic acids is 1. The van der Waals surface area contributed by atoms with Gasteiger partial charge in [0.25, 0.3) is 5.91 Å². The fraction of sp³-hybridized carbons (Fsp3) is 0.364. The topological polar surface area (TPSA) is 127 Å². The lowest BCUT2D eigenvalue weighted by Crippen LogP contribution is -2.46. The van der Waals surface area contributed by atoms with Crippen LogP contribution >= 0.6 is 11.6 Å². The number of carboxylic acid groups (broad SMARTS) is 1. The Bertz CT molecular complexity index is 921. The zero-order valence-corrected chi connectivity index (χ0v) is 17.6. The Hall–Kier alpha value is -2.52. The highest BCUT2D eigenvalue weighted by molar-refractivity contribution is 6.30. The van der Waals surface area contributed by atoms with E-state index in [1.807, 2.05) is 0 Å². The van der Waals surface area contributed by atoms with E-state index in [4.69, 9.17) is 21.8 Å². The molecule has 0 saturated carbocycles. The number of aliphatic hydroxyl groups is 3. The molecule has 7 nitrogen and oxygen atoms in total. The molecule has 2 aromatic rings. The maximum Gasteiger partial charge on any atom is 0.309 e. The molecule has 2 aromatic carbocycles. The fourth-order valence-corrected chi connectivity index (χ4v) is 3.53. The number of carboxylic acids is 1. The first-order chi connectivity index (χ1) is 14.6. The van der Waals surface area contributed by atoms with Gasteiger partial charge in [-0.05, 0) is 55.5 Å². The lowest BCUT2D eigenvalue weighted by Gasteiger charge is -2.30. The van der Waals surface area contributed by atoms with Crippen molar-refractivity contribution in [3.63, 3.8) is 0 Å². The summed E-state index contributed by atoms with van der Waals surface area (Å²) in [7, 11) is 0. The Labute approximate surface area is 184 Å². The molecule has 5 N–H and O–H groups in total. The number of carbonyl (C=O) groups excluding carboxylic acids is 1. The summed E-state index contributed by atoms with van der Waals surface area (Å²) >= 11 is 5.94. The van der Waals surface area contributed by atoms with Crippen molar-refractivity contribution in [2.75, 3.05) is 6.61 Å². The number of carbonyl (C=O) groups is 2. The SMILES string of the molecule is CC(CCO)(C[C@@H](Cc1ccc(-c2cc(Cl)ccc2F)cc1)NC(=O)C(O)O)C(=O)O. The van der Waals surface area contributed by atoms with Gasteiger partial charge in [-0.25, -0.2) is 4.39 Å². The Morgan fingerprint density at radius 3 is 2.35 bits per heavy atom. The van der Waals surface area contributed by atoms with Crippen LogP contribution in [-0.4, -0.2) is 51.2 Å². The third-order valence-electron chi connectivity index (χ3n) is 5.13. The summed E-state index contributed by atoms with van der Waals surface area (Å²) in [6, 6.07) is 10.2. The van der Waals surface area contributed by atoms with Gasteiger partial charge < -0.3 is 25.7 Å². The first-order valence-electron chi connectivity index (χ1n) is 9.61. The maximum atomic E-state index is 14.1. The van der Waals surface area contributed by atoms with Gasteiger partial charge in [-0.3, -0.25) is 9.59 Å². The molecule has 0 saturated heterocycles. The molecule has 0 aliphatic heterocycles. The Morgan fingerprint density at radius 2 is 1.81 bits per heavy atom. The van der Waals surface area contributed by atoms with Gasteiger partial charge in [0.1, 0.15) is 5.82 Å². The molecule has 9 heteroatoms. The van der Waals surface area contributed by atoms with E-state index >= 15 is 0 Å². The van der Waals surface area contributed by atoms with Crippen LogP contribution in [0.15, 0.2) is 42.5 Å². The molecular weight excluding hydrogens is 429 g/mol. The van der Waals surface area contributed by atoms with Crippen molar-refractivity contribution >= 4 is 23.5 Å². The van der Waals surface area contributed by atoms with E-state index in [9.17, 15) is 24.2 Å². The molecule has 0 bridgehead atoms. The molecule has 0 aromatic heterocycles. The number of amides is 1. The van der Waals surface area contributed by atoms with Gasteiger partial charge in [0.15, 0.2) is 0 Å². The van der Waals surface area contributed by atoms with Gasteiger partial charge in [-0.2, -0.15) is 0 Å². The Morgan fingerprint density at radius 1 is 1.16 bits per heavy atom. The van der Waals surface area contributed by atoms with Crippen LogP contribution in [0.1, 0.15) is 25.3 Å². The molecule has 168 valence electrons. The molecule has 2 rings (SSSR count). The second-order valence-corrected chi connectivity index (χ2v) is 8.08. The Kier molecular flexibility index (Phi) is 8.52. The second-order valence-electron chi connectivity index (χ2n) is 7.65. The molecule has 0 aliphatic rings. The summed E-state index contributed by atoms with van der Waals surface area (Å²) in [5, 5.41) is 39.8. The van der Waals surface area contributed by atoms with Crippen molar-refractivity contribution < 1.29 is 34.4 Å². The largest absolute Gasteiger partial charge is 0.481 e. The van der Waals surface area contributed by atoms with Crippen molar-refractivity contribution in [1.29, 1.82) is 0 Å². The average Bonchev–Trinajstić information content (AvgIpc) is 2.70. The molecule has 1 amide bonds. The predicted molar refractivity (Wildman–Crippen MR) is 113 cm³/mol. The molecule has 0 heterocycles. The quantitative estimate of drug-likeness (QED) is 0.351. The minimum Gasteiger partial charge on any atom is -0.481 e. The van der Waals surface area contributed by atoms with Crippen molar-refractivity contribution in [1.82, 2.24) is 5.32 Å². The van der Waals surface area contributed by atoms with Gasteiger partial charge >= 0.3 is 5.97 Å². The predicted octanol–water partition coefficient (Wildman–Crippen LogP) is 2.35. The second kappa shape index (κ2) is 10.7. The number of rotatable bonds is 10. The summed E-state index contributed by atoms with van der Waals surface area (Å²) < 4.78 is 14.1. The van der Waals surface area contributed by atoms with Gasteiger partial charge in [0, 0.05) is 23.2 Å². The first-order valence-corrected chi connectivity index (χ1v) is 9.98. The van der Waals surface area contributed by atoms with Crippen molar-refractivity contribution in [3.05, 3.63) is 58.9 Å². The summed E-state index contributed by atoms with van der Waals surface area (Å²) in [6.45, 7) is 1.09. The highest BCUT2D eigenvalue weighted by atomic mass is 35.5. The molecule has 0 fully saturated rings. The number of hydrogen-bond acceptors (Lipinski definition) is 5. The lowest BCUT2D eigenvalue weighted by atomic mass is 9.79. The van der Waals surface area contributed by atoms with Gasteiger partial charge in [-0.1, -0.05) is 35.9 Å². The number of benzene rings is 2. The molecule has 1 unspecified atom stereocenters. The van der Waals surface area contributed by atoms with E-state index in [1.54, 1.807) is 24.3 Å². The van der Waals surface area contributed by atoms with E-state index in [2.05, 4.69) is 5.32 Å². The highest BCUT2D eigenvalue weighted by Gasteiger charge is 2.36. The maximum absolute atomic E-state index is 14.1. The molecule has 0 aliphatic carbocycles. The van der Waals surface area contributed by atoms with Gasteiger partial charge in [0.05, 0.1) is 5.41 Å². The Balaban J connectivity index is 2.26. The third-order valence-corrected chi connectivity index (χ3v) is 5.37. The minimum atomic E-state index is -2.25. The lowest BCUT2D eigenvalue weighted by molar-refractivity contribution is -0.152. The zero-order chi connectivity index (χ0) is 23.2. The van der Waals surface area contributed by atoms with Crippen LogP contribution in [0.25, 0.3) is 11.1 Å². The van der Waals surface area contributed by atoms with Crippen LogP contribution in [0.5, 0.6) is 0 Å². The van der Waals surface area contributed by atoms with Gasteiger partial charge in [-0.15, -0.1) is 0 Å². The van der Waals surface area contributed by atoms with Crippen molar-refractivity contribution in [2.24, 2.45) is 5.41 Å². The molecule has 0 spiro atoms. The van der Waals surface area contributed by atoms with Crippen LogP contribution < -0.4 is 5.32 Å². The summed E-state index contributed by atoms with van der Waals surface area (Å²) in [5.41, 5.74) is 0.289. The normalized spacial score (nSPS) is 14.2. The van der Waals surface area contributed by atoms with E-state index in [0.717, 1.165) is 0 Å². The van der Waals surface area contributed by atoms with E-state index < -0.39 is 35.4 Å². The van der Waals surface area contributed by atoms with E-state index in [0.29, 0.717) is 21.7 Å². The standard InChI is InChI=1S/C22H25ClFNO6/c1-22(8-9-26,21(30)31)12-16(25-19(27)20(28)29)10-13-2-4-14(5-3-13)17-11-15(23)6-7-18(17)24/h2-7,11,16,20,26,28-29H,8-10,12H2,1H3,(H,25,27)(H,30,31)/t16-,22?/m1/s1. The van der Waals surface area contributed by atoms with Crippen LogP contribution in [-0.2, 0) is 16.0 Å². The number of aliphatic hydroxyl groups excluding tert-OH is 2. The minimum absolute atomic E-state index is 0.0383. The fourth-order valence-electron chi connectivity index (χ4n) is 3.36. The van der Waals surface area contributed by atoms with Crippen LogP contribution in [0, 0.1) is 11.2 Å². The highest BCUT2D eigenvalue weighted by Crippen LogP contribution is 2.30. The van der Waals surface area contributed by atoms with Crippen LogP contribution in [0.3, 0.4) is 0 Å². The first kappa shape index (κ1) is 24.7. The average molecular weight is 454 g/mol. The van der Waals surface area contributed by atoms with Crippen molar-refractivity contribution in [3.8, 4) is 11.1 Å².